The van der Waals surface area contributed by atoms with Crippen molar-refractivity contribution in [2.75, 3.05) is 40.0 Å². The molecule has 0 saturated carbocycles. The number of rotatable bonds is 7. The molecule has 1 fully saturated rings. The van der Waals surface area contributed by atoms with Crippen molar-refractivity contribution in [3.8, 4) is 11.4 Å². The van der Waals surface area contributed by atoms with E-state index in [1.807, 2.05) is 24.3 Å². The van der Waals surface area contributed by atoms with Gasteiger partial charge in [0.25, 0.3) is 5.91 Å². The lowest BCUT2D eigenvalue weighted by Gasteiger charge is -2.35. The molecule has 35 heavy (non-hydrogen) atoms. The average Bonchev–Trinajstić information content (AvgIpc) is 3.31. The van der Waals surface area contributed by atoms with Crippen molar-refractivity contribution in [2.45, 2.75) is 19.1 Å². The van der Waals surface area contributed by atoms with Gasteiger partial charge in [-0.15, -0.1) is 0 Å². The molecule has 1 aromatic heterocycles. The molecule has 1 unspecified atom stereocenters. The number of alkyl halides is 3. The number of ether oxygens (including phenoxy) is 2. The maximum absolute atomic E-state index is 14.1. The second kappa shape index (κ2) is 10.5. The van der Waals surface area contributed by atoms with Crippen LogP contribution >= 0.6 is 0 Å². The van der Waals surface area contributed by atoms with Gasteiger partial charge in [-0.3, -0.25) is 9.69 Å². The Morgan fingerprint density at radius 1 is 1.14 bits per heavy atom. The minimum absolute atomic E-state index is 0.123. The molecule has 1 aliphatic heterocycles. The van der Waals surface area contributed by atoms with E-state index in [0.29, 0.717) is 37.6 Å². The van der Waals surface area contributed by atoms with E-state index in [4.69, 9.17) is 9.47 Å². The summed E-state index contributed by atoms with van der Waals surface area (Å²) in [5.41, 5.74) is 0.177. The molecule has 1 aliphatic rings. The van der Waals surface area contributed by atoms with Crippen LogP contribution in [0.2, 0.25) is 0 Å². The Labute approximate surface area is 201 Å². The van der Waals surface area contributed by atoms with Gasteiger partial charge in [-0.25, -0.2) is 4.68 Å². The summed E-state index contributed by atoms with van der Waals surface area (Å²) in [5.74, 6) is -0.138. The number of aromatic nitrogens is 2. The van der Waals surface area contributed by atoms with Gasteiger partial charge in [0.05, 0.1) is 43.8 Å². The first-order valence-corrected chi connectivity index (χ1v) is 11.2. The van der Waals surface area contributed by atoms with Crippen molar-refractivity contribution in [2.24, 2.45) is 0 Å². The lowest BCUT2D eigenvalue weighted by molar-refractivity contribution is -0.143. The lowest BCUT2D eigenvalue weighted by atomic mass is 10.0. The molecule has 4 rings (SSSR count). The highest BCUT2D eigenvalue weighted by molar-refractivity contribution is 5.95. The van der Waals surface area contributed by atoms with Gasteiger partial charge in [0.2, 0.25) is 0 Å². The van der Waals surface area contributed by atoms with Gasteiger partial charge in [-0.05, 0) is 36.2 Å². The van der Waals surface area contributed by atoms with Crippen LogP contribution < -0.4 is 10.1 Å². The van der Waals surface area contributed by atoms with Crippen LogP contribution in [0.1, 0.15) is 33.2 Å². The van der Waals surface area contributed by atoms with Crippen LogP contribution in [0.5, 0.6) is 5.75 Å². The van der Waals surface area contributed by atoms with E-state index >= 15 is 0 Å². The third-order valence-corrected chi connectivity index (χ3v) is 6.07. The summed E-state index contributed by atoms with van der Waals surface area (Å²) < 4.78 is 53.7. The normalized spacial score (nSPS) is 15.6. The van der Waals surface area contributed by atoms with E-state index < -0.39 is 23.3 Å². The zero-order valence-electron chi connectivity index (χ0n) is 19.5. The van der Waals surface area contributed by atoms with Crippen LogP contribution in [-0.2, 0) is 10.9 Å². The maximum Gasteiger partial charge on any atom is 0.434 e. The van der Waals surface area contributed by atoms with Crippen LogP contribution in [0, 0.1) is 6.92 Å². The van der Waals surface area contributed by atoms with Crippen molar-refractivity contribution < 1.29 is 27.4 Å². The fourth-order valence-corrected chi connectivity index (χ4v) is 4.23. The number of para-hydroxylation sites is 1. The smallest absolute Gasteiger partial charge is 0.434 e. The van der Waals surface area contributed by atoms with E-state index in [1.165, 1.54) is 6.07 Å². The fourth-order valence-electron chi connectivity index (χ4n) is 4.23. The van der Waals surface area contributed by atoms with E-state index in [0.717, 1.165) is 16.4 Å². The highest BCUT2D eigenvalue weighted by Crippen LogP contribution is 2.34. The molecule has 1 atom stereocenters. The number of morpholine rings is 1. The zero-order chi connectivity index (χ0) is 25.0. The summed E-state index contributed by atoms with van der Waals surface area (Å²) in [6.07, 6.45) is -3.80. The molecule has 0 bridgehead atoms. The molecule has 2 heterocycles. The largest absolute Gasteiger partial charge is 0.497 e. The van der Waals surface area contributed by atoms with Crippen molar-refractivity contribution in [3.63, 3.8) is 0 Å². The van der Waals surface area contributed by atoms with Crippen molar-refractivity contribution >= 4 is 5.91 Å². The van der Waals surface area contributed by atoms with Gasteiger partial charge < -0.3 is 14.8 Å². The lowest BCUT2D eigenvalue weighted by Crippen LogP contribution is -2.44. The fraction of sp³-hybridized carbons (Fsp3) is 0.360. The van der Waals surface area contributed by atoms with Gasteiger partial charge in [-0.1, -0.05) is 30.3 Å². The number of nitrogens with one attached hydrogen (secondary N) is 1. The highest BCUT2D eigenvalue weighted by atomic mass is 19.4. The summed E-state index contributed by atoms with van der Waals surface area (Å²) in [5, 5.41) is 6.63. The number of nitrogens with zero attached hydrogens (tertiary/aromatic N) is 3. The predicted octanol–water partition coefficient (Wildman–Crippen LogP) is 4.01. The first kappa shape index (κ1) is 24.7. The Kier molecular flexibility index (Phi) is 7.42. The van der Waals surface area contributed by atoms with Crippen molar-refractivity contribution in [1.29, 1.82) is 0 Å². The Balaban J connectivity index is 1.60. The molecule has 1 N–H and O–H groups in total. The number of methoxy groups -OCH3 is 1. The number of carbonyl (C=O) groups excluding carboxylic acids is 1. The molecular formula is C25H27F3N4O3. The number of carbonyl (C=O) groups is 1. The predicted molar refractivity (Wildman–Crippen MR) is 124 cm³/mol. The quantitative estimate of drug-likeness (QED) is 0.544. The minimum Gasteiger partial charge on any atom is -0.497 e. The summed E-state index contributed by atoms with van der Waals surface area (Å²) in [7, 11) is 1.57. The molecule has 10 heteroatoms. The molecular weight excluding hydrogens is 461 g/mol. The average molecular weight is 489 g/mol. The van der Waals surface area contributed by atoms with Crippen LogP contribution in [0.4, 0.5) is 13.2 Å². The molecule has 1 amide bonds. The second-order valence-electron chi connectivity index (χ2n) is 8.25. The Morgan fingerprint density at radius 2 is 1.83 bits per heavy atom. The van der Waals surface area contributed by atoms with Gasteiger partial charge in [0.1, 0.15) is 5.75 Å². The molecule has 2 aromatic carbocycles. The van der Waals surface area contributed by atoms with Crippen LogP contribution in [0.15, 0.2) is 54.7 Å². The number of hydrogen-bond acceptors (Lipinski definition) is 5. The zero-order valence-corrected chi connectivity index (χ0v) is 19.5. The third-order valence-electron chi connectivity index (χ3n) is 6.07. The topological polar surface area (TPSA) is 68.6 Å². The minimum atomic E-state index is -4.77. The molecule has 7 nitrogen and oxygen atoms in total. The summed E-state index contributed by atoms with van der Waals surface area (Å²) in [4.78, 5) is 15.2. The van der Waals surface area contributed by atoms with Crippen LogP contribution in [0.3, 0.4) is 0 Å². The number of hydrogen-bond donors (Lipinski definition) is 1. The van der Waals surface area contributed by atoms with E-state index in [9.17, 15) is 18.0 Å². The van der Waals surface area contributed by atoms with E-state index in [1.54, 1.807) is 32.2 Å². The van der Waals surface area contributed by atoms with E-state index in [2.05, 4.69) is 15.3 Å². The van der Waals surface area contributed by atoms with Gasteiger partial charge >= 0.3 is 6.18 Å². The number of amides is 1. The van der Waals surface area contributed by atoms with Gasteiger partial charge in [0.15, 0.2) is 5.69 Å². The molecule has 186 valence electrons. The van der Waals surface area contributed by atoms with Crippen molar-refractivity contribution in [3.05, 3.63) is 77.1 Å². The van der Waals surface area contributed by atoms with Gasteiger partial charge in [0, 0.05) is 19.6 Å². The number of halogens is 3. The number of benzene rings is 2. The maximum atomic E-state index is 14.1. The molecule has 3 aromatic rings. The van der Waals surface area contributed by atoms with Crippen molar-refractivity contribution in [1.82, 2.24) is 20.0 Å². The first-order chi connectivity index (χ1) is 16.8. The Morgan fingerprint density at radius 3 is 2.46 bits per heavy atom. The summed E-state index contributed by atoms with van der Waals surface area (Å²) in [6.45, 7) is 4.19. The number of aryl methyl sites for hydroxylation is 1. The third kappa shape index (κ3) is 5.49. The molecule has 1 saturated heterocycles. The van der Waals surface area contributed by atoms with E-state index in [-0.39, 0.29) is 18.3 Å². The highest BCUT2D eigenvalue weighted by Gasteiger charge is 2.41. The molecule has 0 radical (unpaired) electrons. The first-order valence-electron chi connectivity index (χ1n) is 11.2. The molecule has 0 aliphatic carbocycles. The van der Waals surface area contributed by atoms with Crippen LogP contribution in [0.25, 0.3) is 5.69 Å². The monoisotopic (exact) mass is 488 g/mol. The summed E-state index contributed by atoms with van der Waals surface area (Å²) >= 11 is 0. The Hall–Kier alpha value is -3.37. The standard InChI is InChI=1S/C25H27F3N4O3/c1-17-5-3-4-6-21(17)32-23(25(26,27)28)20(15-30-32)24(33)29-16-22(31-11-13-35-14-12-31)18-7-9-19(34-2)10-8-18/h3-10,15,22H,11-14,16H2,1-2H3,(H,29,33). The second-order valence-corrected chi connectivity index (χ2v) is 8.25. The van der Waals surface area contributed by atoms with Crippen LogP contribution in [-0.4, -0.2) is 60.5 Å². The SMILES string of the molecule is COc1ccc(C(CNC(=O)c2cnn(-c3ccccc3C)c2C(F)(F)F)N2CCOCC2)cc1. The van der Waals surface area contributed by atoms with Gasteiger partial charge in [-0.2, -0.15) is 18.3 Å². The molecule has 0 spiro atoms. The summed E-state index contributed by atoms with van der Waals surface area (Å²) in [6, 6.07) is 13.8. The Bertz CT molecular complexity index is 1160.